The molecule has 1 fully saturated rings. The quantitative estimate of drug-likeness (QED) is 0.787. The Morgan fingerprint density at radius 1 is 1.20 bits per heavy atom. The van der Waals surface area contributed by atoms with Crippen LogP contribution < -0.4 is 4.72 Å². The Bertz CT molecular complexity index is 757. The molecule has 2 rings (SSSR count). The average Bonchev–Trinajstić information content (AvgIpc) is 2.53. The summed E-state index contributed by atoms with van der Waals surface area (Å²) in [6.07, 6.45) is -4.64. The van der Waals surface area contributed by atoms with Crippen molar-refractivity contribution in [1.29, 1.82) is 0 Å². The molecule has 1 aromatic rings. The smallest absolute Gasteiger partial charge is 0.379 e. The van der Waals surface area contributed by atoms with Gasteiger partial charge in [-0.2, -0.15) is 25.9 Å². The predicted octanol–water partition coefficient (Wildman–Crippen LogP) is 1.98. The van der Waals surface area contributed by atoms with Crippen LogP contribution in [0.4, 0.5) is 13.2 Å². The van der Waals surface area contributed by atoms with Crippen LogP contribution in [0.1, 0.15) is 5.56 Å². The van der Waals surface area contributed by atoms with Crippen LogP contribution in [0.2, 0.25) is 5.02 Å². The summed E-state index contributed by atoms with van der Waals surface area (Å²) in [5.74, 6) is -1.39. The first kappa shape index (κ1) is 19.7. The third-order valence-corrected chi connectivity index (χ3v) is 5.03. The molecule has 0 spiro atoms. The number of alkyl halides is 3. The normalized spacial score (nSPS) is 17.4. The molecule has 0 saturated carbocycles. The minimum Gasteiger partial charge on any atom is -0.379 e. The van der Waals surface area contributed by atoms with Crippen molar-refractivity contribution in [3.05, 3.63) is 40.9 Å². The number of benzene rings is 1. The lowest BCUT2D eigenvalue weighted by Crippen LogP contribution is -2.48. The van der Waals surface area contributed by atoms with Gasteiger partial charge in [-0.3, -0.25) is 4.79 Å². The van der Waals surface area contributed by atoms with E-state index >= 15 is 0 Å². The highest BCUT2D eigenvalue weighted by atomic mass is 35.5. The topological polar surface area (TPSA) is 75.7 Å². The maximum atomic E-state index is 13.2. The standard InChI is InChI=1S/C14H14ClF3N2O4S/c15-11-3-1-10(2-4-11)12(14(16,17)18)9-13(21)19-25(22,23)20-5-7-24-8-6-20/h1-4,9H,5-8H2,(H,19,21)/b12-9-. The molecule has 1 aliphatic heterocycles. The summed E-state index contributed by atoms with van der Waals surface area (Å²) in [5.41, 5.74) is -1.59. The summed E-state index contributed by atoms with van der Waals surface area (Å²) >= 11 is 5.63. The van der Waals surface area contributed by atoms with E-state index in [1.165, 1.54) is 12.1 Å². The lowest BCUT2D eigenvalue weighted by Gasteiger charge is -2.25. The van der Waals surface area contributed by atoms with Gasteiger partial charge in [0.25, 0.3) is 5.91 Å². The summed E-state index contributed by atoms with van der Waals surface area (Å²) in [4.78, 5) is 11.8. The summed E-state index contributed by atoms with van der Waals surface area (Å²) < 4.78 is 71.2. The first-order valence-corrected chi connectivity index (χ1v) is 8.86. The van der Waals surface area contributed by atoms with E-state index < -0.39 is 27.9 Å². The fraction of sp³-hybridized carbons (Fsp3) is 0.357. The van der Waals surface area contributed by atoms with E-state index in [0.29, 0.717) is 0 Å². The second kappa shape index (κ2) is 7.73. The molecule has 0 aliphatic carbocycles. The van der Waals surface area contributed by atoms with Gasteiger partial charge in [-0.25, -0.2) is 4.72 Å². The van der Waals surface area contributed by atoms with E-state index in [1.54, 1.807) is 4.72 Å². The summed E-state index contributed by atoms with van der Waals surface area (Å²) in [7, 11) is -4.24. The van der Waals surface area contributed by atoms with Gasteiger partial charge in [0.15, 0.2) is 0 Å². The Balaban J connectivity index is 2.24. The van der Waals surface area contributed by atoms with Crippen molar-refractivity contribution in [2.45, 2.75) is 6.18 Å². The van der Waals surface area contributed by atoms with E-state index in [-0.39, 0.29) is 43.0 Å². The molecular weight excluding hydrogens is 385 g/mol. The van der Waals surface area contributed by atoms with E-state index in [9.17, 15) is 26.4 Å². The molecule has 0 radical (unpaired) electrons. The average molecular weight is 399 g/mol. The molecule has 138 valence electrons. The van der Waals surface area contributed by atoms with E-state index in [2.05, 4.69) is 0 Å². The van der Waals surface area contributed by atoms with Crippen LogP contribution in [0.15, 0.2) is 30.3 Å². The molecule has 1 amide bonds. The number of ether oxygens (including phenoxy) is 1. The number of halogens is 4. The molecule has 0 aromatic heterocycles. The van der Waals surface area contributed by atoms with Crippen molar-refractivity contribution in [1.82, 2.24) is 9.03 Å². The van der Waals surface area contributed by atoms with Crippen LogP contribution in [0, 0.1) is 0 Å². The van der Waals surface area contributed by atoms with Crippen LogP contribution in [0.25, 0.3) is 5.57 Å². The number of hydrogen-bond donors (Lipinski definition) is 1. The van der Waals surface area contributed by atoms with Crippen molar-refractivity contribution < 1.29 is 31.1 Å². The summed E-state index contributed by atoms with van der Waals surface area (Å²) in [6, 6.07) is 4.65. The monoisotopic (exact) mass is 398 g/mol. The third kappa shape index (κ3) is 5.43. The number of morpholine rings is 1. The third-order valence-electron chi connectivity index (χ3n) is 3.28. The van der Waals surface area contributed by atoms with Gasteiger partial charge in [-0.15, -0.1) is 0 Å². The zero-order chi connectivity index (χ0) is 18.7. The number of rotatable bonds is 4. The molecule has 1 saturated heterocycles. The van der Waals surface area contributed by atoms with Gasteiger partial charge in [0.2, 0.25) is 0 Å². The maximum Gasteiger partial charge on any atom is 0.417 e. The Morgan fingerprint density at radius 2 is 1.76 bits per heavy atom. The molecule has 1 aromatic carbocycles. The molecule has 1 aliphatic rings. The van der Waals surface area contributed by atoms with E-state index in [1.807, 2.05) is 0 Å². The molecule has 0 atom stereocenters. The van der Waals surface area contributed by atoms with Gasteiger partial charge in [0.05, 0.1) is 18.8 Å². The van der Waals surface area contributed by atoms with Crippen LogP contribution in [0.3, 0.4) is 0 Å². The number of nitrogens with zero attached hydrogens (tertiary/aromatic N) is 1. The van der Waals surface area contributed by atoms with E-state index in [0.717, 1.165) is 16.4 Å². The first-order valence-electron chi connectivity index (χ1n) is 7.04. The highest BCUT2D eigenvalue weighted by Gasteiger charge is 2.36. The van der Waals surface area contributed by atoms with E-state index in [4.69, 9.17) is 16.3 Å². The van der Waals surface area contributed by atoms with Gasteiger partial charge in [-0.05, 0) is 17.7 Å². The fourth-order valence-electron chi connectivity index (χ4n) is 2.10. The second-order valence-corrected chi connectivity index (χ2v) is 7.15. The number of allylic oxidation sites excluding steroid dienone is 1. The van der Waals surface area contributed by atoms with Crippen LogP contribution in [0.5, 0.6) is 0 Å². The molecule has 11 heteroatoms. The minimum absolute atomic E-state index is 0.00956. The molecule has 0 bridgehead atoms. The molecule has 1 heterocycles. The SMILES string of the molecule is O=C(/C=C(/c1ccc(Cl)cc1)C(F)(F)F)NS(=O)(=O)N1CCOCC1. The maximum absolute atomic E-state index is 13.2. The van der Waals surface area contributed by atoms with Crippen molar-refractivity contribution in [3.63, 3.8) is 0 Å². The van der Waals surface area contributed by atoms with Gasteiger partial charge < -0.3 is 4.74 Å². The summed E-state index contributed by atoms with van der Waals surface area (Å²) in [6.45, 7) is 0.304. The largest absolute Gasteiger partial charge is 0.417 e. The van der Waals surface area contributed by atoms with Crippen molar-refractivity contribution >= 4 is 33.3 Å². The molecule has 1 N–H and O–H groups in total. The van der Waals surface area contributed by atoms with Crippen LogP contribution in [-0.2, 0) is 19.7 Å². The number of amides is 1. The molecule has 0 unspecified atom stereocenters. The van der Waals surface area contributed by atoms with Crippen molar-refractivity contribution in [2.24, 2.45) is 0 Å². The van der Waals surface area contributed by atoms with Gasteiger partial charge >= 0.3 is 16.4 Å². The Kier molecular flexibility index (Phi) is 6.09. The minimum atomic E-state index is -4.85. The molecule has 25 heavy (non-hydrogen) atoms. The summed E-state index contributed by atoms with van der Waals surface area (Å²) in [5, 5.41) is 0.227. The highest BCUT2D eigenvalue weighted by Crippen LogP contribution is 2.34. The van der Waals surface area contributed by atoms with Crippen LogP contribution in [-0.4, -0.2) is 51.1 Å². The Hall–Kier alpha value is -1.62. The van der Waals surface area contributed by atoms with Crippen molar-refractivity contribution in [3.8, 4) is 0 Å². The molecular formula is C14H14ClF3N2O4S. The molecule has 6 nitrogen and oxygen atoms in total. The Morgan fingerprint density at radius 3 is 2.28 bits per heavy atom. The lowest BCUT2D eigenvalue weighted by molar-refractivity contribution is -0.115. The fourth-order valence-corrected chi connectivity index (χ4v) is 3.30. The van der Waals surface area contributed by atoms with Crippen molar-refractivity contribution in [2.75, 3.05) is 26.3 Å². The number of carbonyl (C=O) groups is 1. The number of carbonyl (C=O) groups excluding carboxylic acids is 1. The van der Waals surface area contributed by atoms with Gasteiger partial charge in [-0.1, -0.05) is 23.7 Å². The zero-order valence-corrected chi connectivity index (χ0v) is 14.3. The highest BCUT2D eigenvalue weighted by molar-refractivity contribution is 7.87. The number of hydrogen-bond acceptors (Lipinski definition) is 4. The Labute approximate surface area is 147 Å². The van der Waals surface area contributed by atoms with Gasteiger partial charge in [0, 0.05) is 24.2 Å². The first-order chi connectivity index (χ1) is 11.6. The predicted molar refractivity (Wildman–Crippen MR) is 84.9 cm³/mol. The second-order valence-electron chi connectivity index (χ2n) is 5.05. The zero-order valence-electron chi connectivity index (χ0n) is 12.7. The van der Waals surface area contributed by atoms with Gasteiger partial charge in [0.1, 0.15) is 0 Å². The lowest BCUT2D eigenvalue weighted by atomic mass is 10.1. The van der Waals surface area contributed by atoms with Crippen LogP contribution >= 0.6 is 11.6 Å². The number of nitrogens with one attached hydrogen (secondary N) is 1.